The standard InChI is InChI=1S/C60H39N3/c1-3-14-40(15-4-1)42-26-30-44(31-27-42)61(45-32-28-43(29-33-45)41-16-5-2-6-17-41)46-34-36-47(37-35-46)62-56-23-10-9-20-50(56)55-38-53-52-22-13-21-51-48-18-7-11-24-57(48)63(60(51)52)58-25-12-8-19-49(58)54(53)39-59(55)62/h1-39H. The molecule has 0 amide bonds. The Labute approximate surface area is 365 Å². The number of fused-ring (bicyclic) bond motifs is 11. The number of nitrogens with zero attached hydrogens (tertiary/aromatic N) is 3. The van der Waals surface area contributed by atoms with Gasteiger partial charge in [-0.05, 0) is 112 Å². The molecule has 0 unspecified atom stereocenters. The maximum atomic E-state index is 2.49. The smallest absolute Gasteiger partial charge is 0.0619 e. The highest BCUT2D eigenvalue weighted by atomic mass is 15.1. The topological polar surface area (TPSA) is 13.1 Å². The van der Waals surface area contributed by atoms with Gasteiger partial charge < -0.3 is 14.0 Å². The Bertz CT molecular complexity index is 3610. The molecule has 0 fully saturated rings. The number of anilines is 3. The van der Waals surface area contributed by atoms with E-state index in [4.69, 9.17) is 0 Å². The minimum absolute atomic E-state index is 1.09. The van der Waals surface area contributed by atoms with Crippen LogP contribution in [0.3, 0.4) is 0 Å². The van der Waals surface area contributed by atoms with Crippen molar-refractivity contribution in [3.63, 3.8) is 0 Å². The van der Waals surface area contributed by atoms with Gasteiger partial charge in [-0.3, -0.25) is 0 Å². The van der Waals surface area contributed by atoms with Gasteiger partial charge in [0.25, 0.3) is 0 Å². The van der Waals surface area contributed by atoms with Crippen LogP contribution >= 0.6 is 0 Å². The lowest BCUT2D eigenvalue weighted by Crippen LogP contribution is -2.10. The van der Waals surface area contributed by atoms with Crippen LogP contribution in [0.15, 0.2) is 237 Å². The van der Waals surface area contributed by atoms with Gasteiger partial charge in [0.2, 0.25) is 0 Å². The number of rotatable bonds is 6. The fourth-order valence-corrected chi connectivity index (χ4v) is 10.2. The number of benzene rings is 10. The molecule has 0 bridgehead atoms. The van der Waals surface area contributed by atoms with Crippen LogP contribution in [0.25, 0.3) is 99.5 Å². The van der Waals surface area contributed by atoms with Crippen molar-refractivity contribution in [2.24, 2.45) is 0 Å². The fourth-order valence-electron chi connectivity index (χ4n) is 10.2. The summed E-state index contributed by atoms with van der Waals surface area (Å²) in [5, 5.41) is 5.04. The average Bonchev–Trinajstić information content (AvgIpc) is 3.83. The molecule has 0 aliphatic carbocycles. The summed E-state index contributed by atoms with van der Waals surface area (Å²) in [5.41, 5.74) is 20.3. The highest BCUT2D eigenvalue weighted by Crippen LogP contribution is 2.49. The van der Waals surface area contributed by atoms with Gasteiger partial charge in [-0.1, -0.05) is 158 Å². The molecule has 2 aromatic heterocycles. The Morgan fingerprint density at radius 3 is 1.37 bits per heavy atom. The van der Waals surface area contributed by atoms with Gasteiger partial charge >= 0.3 is 0 Å². The van der Waals surface area contributed by atoms with Crippen molar-refractivity contribution in [1.29, 1.82) is 0 Å². The zero-order valence-corrected chi connectivity index (χ0v) is 34.4. The molecular formula is C60H39N3. The molecule has 0 saturated heterocycles. The van der Waals surface area contributed by atoms with Crippen molar-refractivity contribution >= 4 is 60.7 Å². The first-order valence-electron chi connectivity index (χ1n) is 21.7. The van der Waals surface area contributed by atoms with Crippen LogP contribution in [0, 0.1) is 0 Å². The molecule has 12 aromatic rings. The molecule has 3 heterocycles. The molecule has 10 aromatic carbocycles. The van der Waals surface area contributed by atoms with Gasteiger partial charge in [0.05, 0.1) is 27.8 Å². The molecule has 0 saturated carbocycles. The Morgan fingerprint density at radius 1 is 0.270 bits per heavy atom. The normalized spacial score (nSPS) is 11.8. The van der Waals surface area contributed by atoms with Crippen LogP contribution in [0.4, 0.5) is 17.1 Å². The molecule has 294 valence electrons. The zero-order chi connectivity index (χ0) is 41.4. The van der Waals surface area contributed by atoms with Crippen molar-refractivity contribution in [2.45, 2.75) is 0 Å². The lowest BCUT2D eigenvalue weighted by atomic mass is 9.92. The van der Waals surface area contributed by atoms with Crippen LogP contribution in [0.1, 0.15) is 0 Å². The van der Waals surface area contributed by atoms with E-state index < -0.39 is 0 Å². The summed E-state index contributed by atoms with van der Waals surface area (Å²) in [6, 6.07) is 86.4. The first-order valence-corrected chi connectivity index (χ1v) is 21.7. The van der Waals surface area contributed by atoms with E-state index >= 15 is 0 Å². The van der Waals surface area contributed by atoms with Gasteiger partial charge in [-0.25, -0.2) is 0 Å². The van der Waals surface area contributed by atoms with E-state index in [1.54, 1.807) is 0 Å². The second-order valence-electron chi connectivity index (χ2n) is 16.5. The monoisotopic (exact) mass is 801 g/mol. The molecule has 0 spiro atoms. The molecule has 13 rings (SSSR count). The Hall–Kier alpha value is -8.40. The van der Waals surface area contributed by atoms with Gasteiger partial charge in [0.1, 0.15) is 0 Å². The maximum Gasteiger partial charge on any atom is 0.0619 e. The Balaban J connectivity index is 0.975. The Kier molecular flexibility index (Phi) is 7.91. The maximum absolute atomic E-state index is 2.49. The number of hydrogen-bond donors (Lipinski definition) is 0. The first kappa shape index (κ1) is 35.4. The van der Waals surface area contributed by atoms with E-state index in [2.05, 4.69) is 251 Å². The summed E-state index contributed by atoms with van der Waals surface area (Å²) in [4.78, 5) is 2.36. The summed E-state index contributed by atoms with van der Waals surface area (Å²) in [7, 11) is 0. The van der Waals surface area contributed by atoms with Crippen molar-refractivity contribution < 1.29 is 0 Å². The van der Waals surface area contributed by atoms with Gasteiger partial charge in [0.15, 0.2) is 0 Å². The van der Waals surface area contributed by atoms with Crippen molar-refractivity contribution in [1.82, 2.24) is 9.13 Å². The summed E-state index contributed by atoms with van der Waals surface area (Å²) in [6.45, 7) is 0. The Morgan fingerprint density at radius 2 is 0.730 bits per heavy atom. The summed E-state index contributed by atoms with van der Waals surface area (Å²) in [5.74, 6) is 0. The minimum atomic E-state index is 1.09. The fraction of sp³-hybridized carbons (Fsp3) is 0. The lowest BCUT2D eigenvalue weighted by Gasteiger charge is -2.26. The second-order valence-corrected chi connectivity index (χ2v) is 16.5. The van der Waals surface area contributed by atoms with E-state index in [-0.39, 0.29) is 0 Å². The van der Waals surface area contributed by atoms with E-state index in [1.165, 1.54) is 93.8 Å². The quantitative estimate of drug-likeness (QED) is 0.163. The van der Waals surface area contributed by atoms with Crippen molar-refractivity contribution in [2.75, 3.05) is 4.90 Å². The van der Waals surface area contributed by atoms with Gasteiger partial charge in [-0.2, -0.15) is 0 Å². The van der Waals surface area contributed by atoms with Gasteiger partial charge in [-0.15, -0.1) is 0 Å². The summed E-state index contributed by atoms with van der Waals surface area (Å²) < 4.78 is 4.94. The van der Waals surface area contributed by atoms with Crippen LogP contribution in [0.5, 0.6) is 0 Å². The van der Waals surface area contributed by atoms with Crippen LogP contribution in [-0.2, 0) is 0 Å². The highest BCUT2D eigenvalue weighted by Gasteiger charge is 2.26. The largest absolute Gasteiger partial charge is 0.311 e. The first-order chi connectivity index (χ1) is 31.3. The molecule has 3 heteroatoms. The number of para-hydroxylation sites is 4. The van der Waals surface area contributed by atoms with E-state index in [0.717, 1.165) is 22.7 Å². The summed E-state index contributed by atoms with van der Waals surface area (Å²) in [6.07, 6.45) is 0. The van der Waals surface area contributed by atoms with Crippen molar-refractivity contribution in [3.05, 3.63) is 237 Å². The van der Waals surface area contributed by atoms with Crippen molar-refractivity contribution in [3.8, 4) is 55.9 Å². The van der Waals surface area contributed by atoms with E-state index in [9.17, 15) is 0 Å². The predicted molar refractivity (Wildman–Crippen MR) is 265 cm³/mol. The third-order valence-electron chi connectivity index (χ3n) is 13.1. The third kappa shape index (κ3) is 5.53. The SMILES string of the molecule is c1ccc(-c2ccc(N(c3ccc(-c4ccccc4)cc3)c3ccc(-n4c5ccccc5c5cc6c(cc54)-c4ccccc4-n4c5ccccc5c5cccc-6c54)cc3)cc2)cc1. The van der Waals surface area contributed by atoms with E-state index in [1.807, 2.05) is 0 Å². The number of hydrogen-bond acceptors (Lipinski definition) is 1. The number of aromatic nitrogens is 2. The molecule has 0 atom stereocenters. The molecule has 1 aliphatic heterocycles. The van der Waals surface area contributed by atoms with E-state index in [0.29, 0.717) is 0 Å². The second kappa shape index (κ2) is 14.1. The zero-order valence-electron chi connectivity index (χ0n) is 34.4. The average molecular weight is 802 g/mol. The molecule has 1 aliphatic rings. The minimum Gasteiger partial charge on any atom is -0.311 e. The lowest BCUT2D eigenvalue weighted by molar-refractivity contribution is 1.17. The van der Waals surface area contributed by atoms with Crippen LogP contribution < -0.4 is 4.90 Å². The third-order valence-corrected chi connectivity index (χ3v) is 13.1. The molecule has 0 radical (unpaired) electrons. The highest BCUT2D eigenvalue weighted by molar-refractivity contribution is 6.19. The van der Waals surface area contributed by atoms with Crippen LogP contribution in [0.2, 0.25) is 0 Å². The molecular weight excluding hydrogens is 763 g/mol. The van der Waals surface area contributed by atoms with Crippen LogP contribution in [-0.4, -0.2) is 9.13 Å². The molecule has 3 nitrogen and oxygen atoms in total. The molecule has 0 N–H and O–H groups in total. The summed E-state index contributed by atoms with van der Waals surface area (Å²) >= 11 is 0. The van der Waals surface area contributed by atoms with Gasteiger partial charge in [0, 0.05) is 55.4 Å². The molecule has 63 heavy (non-hydrogen) atoms. The predicted octanol–water partition coefficient (Wildman–Crippen LogP) is 16.3.